The molecule has 1 aliphatic heterocycles. The van der Waals surface area contributed by atoms with E-state index in [-0.39, 0.29) is 5.91 Å². The number of para-hydroxylation sites is 1. The Kier molecular flexibility index (Phi) is 3.34. The van der Waals surface area contributed by atoms with Gasteiger partial charge in [0.25, 0.3) is 5.91 Å². The third-order valence-corrected chi connectivity index (χ3v) is 4.30. The van der Waals surface area contributed by atoms with Crippen LogP contribution in [0.15, 0.2) is 29.2 Å². The molecule has 0 saturated carbocycles. The fourth-order valence-corrected chi connectivity index (χ4v) is 3.13. The maximum atomic E-state index is 12.4. The Balaban J connectivity index is 2.53. The van der Waals surface area contributed by atoms with Crippen molar-refractivity contribution in [1.82, 2.24) is 0 Å². The van der Waals surface area contributed by atoms with Crippen molar-refractivity contribution in [2.45, 2.75) is 29.9 Å². The second-order valence-corrected chi connectivity index (χ2v) is 5.83. The number of benzene rings is 1. The molecule has 1 unspecified atom stereocenters. The molecule has 5 heteroatoms. The summed E-state index contributed by atoms with van der Waals surface area (Å²) in [6.45, 7) is 3.98. The Morgan fingerprint density at radius 2 is 2.11 bits per heavy atom. The van der Waals surface area contributed by atoms with Crippen LogP contribution in [-0.4, -0.2) is 28.3 Å². The standard InChI is InChI=1S/C13H15NO3S/c1-3-8-14-9-6-4-5-7-10(9)18-13(2,11(14)15)12(16)17/h4-7H,3,8H2,1-2H3,(H,16,17). The van der Waals surface area contributed by atoms with Crippen LogP contribution in [0.3, 0.4) is 0 Å². The Morgan fingerprint density at radius 3 is 2.72 bits per heavy atom. The number of carbonyl (C=O) groups is 2. The zero-order valence-electron chi connectivity index (χ0n) is 10.3. The minimum absolute atomic E-state index is 0.347. The van der Waals surface area contributed by atoms with Gasteiger partial charge in [0, 0.05) is 11.4 Å². The van der Waals surface area contributed by atoms with Gasteiger partial charge in [-0.2, -0.15) is 0 Å². The Labute approximate surface area is 110 Å². The summed E-state index contributed by atoms with van der Waals surface area (Å²) in [5.41, 5.74) is 0.813. The SMILES string of the molecule is CCCN1C(=O)C(C)(C(=O)O)Sc2ccccc21. The Bertz CT molecular complexity index is 503. The first-order chi connectivity index (χ1) is 8.50. The Morgan fingerprint density at radius 1 is 1.44 bits per heavy atom. The number of thioether (sulfide) groups is 1. The van der Waals surface area contributed by atoms with E-state index in [2.05, 4.69) is 0 Å². The second-order valence-electron chi connectivity index (χ2n) is 4.36. The van der Waals surface area contributed by atoms with Crippen LogP contribution in [0, 0.1) is 0 Å². The van der Waals surface area contributed by atoms with Crippen LogP contribution in [0.1, 0.15) is 20.3 Å². The fourth-order valence-electron chi connectivity index (χ4n) is 1.98. The van der Waals surface area contributed by atoms with Gasteiger partial charge in [-0.1, -0.05) is 30.8 Å². The first-order valence-electron chi connectivity index (χ1n) is 5.84. The maximum Gasteiger partial charge on any atom is 0.329 e. The molecular formula is C13H15NO3S. The van der Waals surface area contributed by atoms with Crippen LogP contribution in [0.5, 0.6) is 0 Å². The van der Waals surface area contributed by atoms with E-state index in [0.29, 0.717) is 6.54 Å². The maximum absolute atomic E-state index is 12.4. The molecule has 0 bridgehead atoms. The van der Waals surface area contributed by atoms with Crippen molar-refractivity contribution in [3.63, 3.8) is 0 Å². The molecule has 0 saturated heterocycles. The normalized spacial score (nSPS) is 22.8. The summed E-state index contributed by atoms with van der Waals surface area (Å²) >= 11 is 1.11. The highest BCUT2D eigenvalue weighted by molar-refractivity contribution is 8.02. The minimum atomic E-state index is -1.43. The first kappa shape index (κ1) is 13.0. The summed E-state index contributed by atoms with van der Waals surface area (Å²) in [5, 5.41) is 9.31. The van der Waals surface area contributed by atoms with Gasteiger partial charge in [-0.15, -0.1) is 0 Å². The summed E-state index contributed by atoms with van der Waals surface area (Å²) in [5.74, 6) is -1.44. The Hall–Kier alpha value is -1.49. The molecule has 1 aromatic carbocycles. The topological polar surface area (TPSA) is 57.6 Å². The number of hydrogen-bond donors (Lipinski definition) is 1. The lowest BCUT2D eigenvalue weighted by Crippen LogP contribution is -2.52. The lowest BCUT2D eigenvalue weighted by molar-refractivity contribution is -0.143. The van der Waals surface area contributed by atoms with E-state index in [4.69, 9.17) is 0 Å². The third kappa shape index (κ3) is 1.88. The number of rotatable bonds is 3. The largest absolute Gasteiger partial charge is 0.480 e. The number of hydrogen-bond acceptors (Lipinski definition) is 3. The van der Waals surface area contributed by atoms with Gasteiger partial charge in [0.1, 0.15) is 0 Å². The van der Waals surface area contributed by atoms with Gasteiger partial charge >= 0.3 is 5.97 Å². The van der Waals surface area contributed by atoms with E-state index in [0.717, 1.165) is 28.8 Å². The quantitative estimate of drug-likeness (QED) is 0.852. The number of anilines is 1. The number of carbonyl (C=O) groups excluding carboxylic acids is 1. The van der Waals surface area contributed by atoms with Crippen molar-refractivity contribution in [1.29, 1.82) is 0 Å². The number of amides is 1. The van der Waals surface area contributed by atoms with Gasteiger partial charge in [-0.05, 0) is 25.5 Å². The van der Waals surface area contributed by atoms with Gasteiger partial charge < -0.3 is 10.0 Å². The molecule has 18 heavy (non-hydrogen) atoms. The van der Waals surface area contributed by atoms with Crippen molar-refractivity contribution >= 4 is 29.3 Å². The van der Waals surface area contributed by atoms with E-state index in [9.17, 15) is 14.7 Å². The molecule has 1 amide bonds. The summed E-state index contributed by atoms with van der Waals surface area (Å²) < 4.78 is -1.43. The summed E-state index contributed by atoms with van der Waals surface area (Å²) in [6, 6.07) is 7.43. The van der Waals surface area contributed by atoms with Crippen molar-refractivity contribution in [3.05, 3.63) is 24.3 Å². The number of carboxylic acid groups (broad SMARTS) is 1. The van der Waals surface area contributed by atoms with Gasteiger partial charge in [-0.3, -0.25) is 9.59 Å². The van der Waals surface area contributed by atoms with Crippen molar-refractivity contribution in [3.8, 4) is 0 Å². The van der Waals surface area contributed by atoms with E-state index >= 15 is 0 Å². The first-order valence-corrected chi connectivity index (χ1v) is 6.65. The van der Waals surface area contributed by atoms with Crippen LogP contribution in [0.2, 0.25) is 0 Å². The fraction of sp³-hybridized carbons (Fsp3) is 0.385. The zero-order valence-corrected chi connectivity index (χ0v) is 11.2. The van der Waals surface area contributed by atoms with Crippen LogP contribution in [-0.2, 0) is 9.59 Å². The molecule has 0 radical (unpaired) electrons. The third-order valence-electron chi connectivity index (χ3n) is 2.98. The van der Waals surface area contributed by atoms with Crippen molar-refractivity contribution in [2.24, 2.45) is 0 Å². The molecular weight excluding hydrogens is 250 g/mol. The van der Waals surface area contributed by atoms with Gasteiger partial charge in [0.05, 0.1) is 5.69 Å². The molecule has 0 fully saturated rings. The summed E-state index contributed by atoms with van der Waals surface area (Å²) in [4.78, 5) is 26.2. The lowest BCUT2D eigenvalue weighted by atomic mass is 10.1. The van der Waals surface area contributed by atoms with Crippen LogP contribution in [0.25, 0.3) is 0 Å². The molecule has 1 atom stereocenters. The van der Waals surface area contributed by atoms with Crippen LogP contribution < -0.4 is 4.90 Å². The van der Waals surface area contributed by atoms with E-state index in [1.165, 1.54) is 6.92 Å². The van der Waals surface area contributed by atoms with Crippen LogP contribution >= 0.6 is 11.8 Å². The molecule has 0 aromatic heterocycles. The number of nitrogens with zero attached hydrogens (tertiary/aromatic N) is 1. The molecule has 0 spiro atoms. The highest BCUT2D eigenvalue weighted by Crippen LogP contribution is 2.45. The average molecular weight is 265 g/mol. The molecule has 2 rings (SSSR count). The predicted molar refractivity (Wildman–Crippen MR) is 71.0 cm³/mol. The van der Waals surface area contributed by atoms with Crippen LogP contribution in [0.4, 0.5) is 5.69 Å². The highest BCUT2D eigenvalue weighted by atomic mass is 32.2. The number of aliphatic carboxylic acids is 1. The molecule has 4 nitrogen and oxygen atoms in total. The summed E-state index contributed by atoms with van der Waals surface area (Å²) in [6.07, 6.45) is 0.792. The number of fused-ring (bicyclic) bond motifs is 1. The van der Waals surface area contributed by atoms with E-state index < -0.39 is 10.7 Å². The molecule has 1 N–H and O–H groups in total. The second kappa shape index (κ2) is 4.65. The lowest BCUT2D eigenvalue weighted by Gasteiger charge is -2.37. The van der Waals surface area contributed by atoms with E-state index in [1.807, 2.05) is 31.2 Å². The zero-order chi connectivity index (χ0) is 13.3. The average Bonchev–Trinajstić information content (AvgIpc) is 2.34. The van der Waals surface area contributed by atoms with Gasteiger partial charge in [0.2, 0.25) is 0 Å². The number of carboxylic acids is 1. The highest BCUT2D eigenvalue weighted by Gasteiger charge is 2.49. The monoisotopic (exact) mass is 265 g/mol. The molecule has 1 heterocycles. The van der Waals surface area contributed by atoms with Gasteiger partial charge in [-0.25, -0.2) is 0 Å². The minimum Gasteiger partial charge on any atom is -0.480 e. The molecule has 1 aliphatic rings. The van der Waals surface area contributed by atoms with Gasteiger partial charge in [0.15, 0.2) is 4.75 Å². The van der Waals surface area contributed by atoms with Crippen molar-refractivity contribution < 1.29 is 14.7 Å². The summed E-state index contributed by atoms with van der Waals surface area (Å²) in [7, 11) is 0. The molecule has 1 aromatic rings. The molecule has 0 aliphatic carbocycles. The van der Waals surface area contributed by atoms with Crippen molar-refractivity contribution in [2.75, 3.05) is 11.4 Å². The van der Waals surface area contributed by atoms with E-state index in [1.54, 1.807) is 4.90 Å². The smallest absolute Gasteiger partial charge is 0.329 e. The molecule has 96 valence electrons. The predicted octanol–water partition coefficient (Wildman–Crippen LogP) is 2.38.